The Kier molecular flexibility index (Phi) is 5.02. The van der Waals surface area contributed by atoms with E-state index >= 15 is 0 Å². The summed E-state index contributed by atoms with van der Waals surface area (Å²) in [7, 11) is 1.47. The molecule has 0 spiro atoms. The van der Waals surface area contributed by atoms with Gasteiger partial charge < -0.3 is 21.1 Å². The van der Waals surface area contributed by atoms with Crippen LogP contribution in [0.1, 0.15) is 22.3 Å². The molecular weight excluding hydrogens is 327 g/mol. The summed E-state index contributed by atoms with van der Waals surface area (Å²) in [6, 6.07) is 2.73. The van der Waals surface area contributed by atoms with Gasteiger partial charge in [-0.3, -0.25) is 9.59 Å². The van der Waals surface area contributed by atoms with Gasteiger partial charge in [0.15, 0.2) is 0 Å². The van der Waals surface area contributed by atoms with Crippen molar-refractivity contribution in [2.24, 2.45) is 11.7 Å². The number of nitrogens with one attached hydrogen (secondary N) is 1. The highest BCUT2D eigenvalue weighted by atomic mass is 19.4. The molecule has 0 bridgehead atoms. The zero-order chi connectivity index (χ0) is 18.1. The molecule has 4 N–H and O–H groups in total. The van der Waals surface area contributed by atoms with E-state index in [4.69, 9.17) is 5.73 Å². The van der Waals surface area contributed by atoms with Crippen LogP contribution in [-0.4, -0.2) is 43.2 Å². The Morgan fingerprint density at radius 2 is 2.04 bits per heavy atom. The van der Waals surface area contributed by atoms with Gasteiger partial charge in [-0.1, -0.05) is 0 Å². The van der Waals surface area contributed by atoms with Crippen LogP contribution in [-0.2, 0) is 11.0 Å². The second-order valence-corrected chi connectivity index (χ2v) is 5.70. The highest BCUT2D eigenvalue weighted by Gasteiger charge is 2.36. The summed E-state index contributed by atoms with van der Waals surface area (Å²) in [5.74, 6) is -1.61. The average molecular weight is 345 g/mol. The molecule has 1 heterocycles. The fourth-order valence-corrected chi connectivity index (χ4v) is 2.78. The number of nitrogens with zero attached hydrogens (tertiary/aromatic N) is 1. The number of aliphatic hydroxyl groups is 1. The number of hydrogen-bond donors (Lipinski definition) is 3. The van der Waals surface area contributed by atoms with Gasteiger partial charge in [-0.2, -0.15) is 13.2 Å². The first-order valence-corrected chi connectivity index (χ1v) is 7.28. The van der Waals surface area contributed by atoms with Crippen LogP contribution in [0.25, 0.3) is 0 Å². The molecule has 0 unspecified atom stereocenters. The molecule has 2 rings (SSSR count). The number of amides is 2. The van der Waals surface area contributed by atoms with Crippen LogP contribution in [0.2, 0.25) is 0 Å². The Balaban J connectivity index is 2.29. The summed E-state index contributed by atoms with van der Waals surface area (Å²) >= 11 is 0. The van der Waals surface area contributed by atoms with Crippen LogP contribution in [0.4, 0.5) is 18.9 Å². The van der Waals surface area contributed by atoms with Crippen LogP contribution in [0.3, 0.4) is 0 Å². The molecule has 1 aromatic carbocycles. The number of primary amides is 1. The minimum atomic E-state index is -4.59. The second kappa shape index (κ2) is 6.68. The number of carbonyl (C=O) groups excluding carboxylic acids is 2. The molecular formula is C15H18F3N3O3. The number of β-amino-alcohol motifs (C(OH)–C–C–N with tert-alkyl or cyclic N) is 1. The van der Waals surface area contributed by atoms with Crippen molar-refractivity contribution in [2.75, 3.05) is 25.0 Å². The fourth-order valence-electron chi connectivity index (χ4n) is 2.78. The first-order chi connectivity index (χ1) is 11.1. The number of carbonyl (C=O) groups is 2. The molecule has 0 aromatic heterocycles. The number of halogens is 3. The third kappa shape index (κ3) is 3.78. The van der Waals surface area contributed by atoms with Crippen LogP contribution >= 0.6 is 0 Å². The highest BCUT2D eigenvalue weighted by molar-refractivity contribution is 5.99. The minimum Gasteiger partial charge on any atom is -0.391 e. The van der Waals surface area contributed by atoms with E-state index in [1.165, 1.54) is 7.05 Å². The first-order valence-electron chi connectivity index (χ1n) is 7.28. The molecule has 1 fully saturated rings. The molecule has 9 heteroatoms. The van der Waals surface area contributed by atoms with E-state index in [2.05, 4.69) is 5.32 Å². The molecule has 1 saturated heterocycles. The van der Waals surface area contributed by atoms with E-state index in [0.29, 0.717) is 6.07 Å². The Morgan fingerprint density at radius 1 is 1.38 bits per heavy atom. The van der Waals surface area contributed by atoms with E-state index in [1.54, 1.807) is 4.90 Å². The second-order valence-electron chi connectivity index (χ2n) is 5.70. The Morgan fingerprint density at radius 3 is 2.58 bits per heavy atom. The Bertz CT molecular complexity index is 649. The summed E-state index contributed by atoms with van der Waals surface area (Å²) in [4.78, 5) is 24.6. The molecule has 1 aliphatic rings. The quantitative estimate of drug-likeness (QED) is 0.750. The van der Waals surface area contributed by atoms with Crippen molar-refractivity contribution in [3.8, 4) is 0 Å². The number of hydrogen-bond acceptors (Lipinski definition) is 4. The molecule has 2 atom stereocenters. The molecule has 1 aromatic rings. The Hall–Kier alpha value is -2.29. The summed E-state index contributed by atoms with van der Waals surface area (Å²) in [6.07, 6.45) is -5.33. The number of rotatable bonds is 4. The van der Waals surface area contributed by atoms with E-state index < -0.39 is 23.8 Å². The predicted octanol–water partition coefficient (Wildman–Crippen LogP) is 0.737. The minimum absolute atomic E-state index is 0.0840. The van der Waals surface area contributed by atoms with Gasteiger partial charge in [0, 0.05) is 38.2 Å². The van der Waals surface area contributed by atoms with E-state index in [1.807, 2.05) is 0 Å². The van der Waals surface area contributed by atoms with E-state index in [-0.39, 0.29) is 42.6 Å². The van der Waals surface area contributed by atoms with Crippen LogP contribution in [0.15, 0.2) is 18.2 Å². The zero-order valence-corrected chi connectivity index (χ0v) is 12.9. The lowest BCUT2D eigenvalue weighted by Gasteiger charge is -2.22. The van der Waals surface area contributed by atoms with Gasteiger partial charge in [-0.25, -0.2) is 0 Å². The third-order valence-electron chi connectivity index (χ3n) is 4.06. The zero-order valence-electron chi connectivity index (χ0n) is 12.9. The number of benzene rings is 1. The molecule has 24 heavy (non-hydrogen) atoms. The first kappa shape index (κ1) is 18.1. The predicted molar refractivity (Wildman–Crippen MR) is 80.4 cm³/mol. The topological polar surface area (TPSA) is 95.7 Å². The summed E-state index contributed by atoms with van der Waals surface area (Å²) in [5.41, 5.74) is 4.19. The smallest absolute Gasteiger partial charge is 0.391 e. The third-order valence-corrected chi connectivity index (χ3v) is 4.06. The van der Waals surface area contributed by atoms with Crippen molar-refractivity contribution in [2.45, 2.75) is 18.7 Å². The van der Waals surface area contributed by atoms with Gasteiger partial charge in [-0.05, 0) is 18.2 Å². The number of aliphatic hydroxyl groups excluding tert-OH is 1. The van der Waals surface area contributed by atoms with Gasteiger partial charge in [0.25, 0.3) is 5.91 Å². The number of anilines is 1. The molecule has 2 amide bonds. The van der Waals surface area contributed by atoms with Crippen molar-refractivity contribution in [3.05, 3.63) is 29.3 Å². The van der Waals surface area contributed by atoms with Crippen molar-refractivity contribution < 1.29 is 27.9 Å². The maximum Gasteiger partial charge on any atom is 0.416 e. The van der Waals surface area contributed by atoms with Crippen LogP contribution in [0.5, 0.6) is 0 Å². The van der Waals surface area contributed by atoms with Crippen LogP contribution in [0, 0.1) is 5.92 Å². The van der Waals surface area contributed by atoms with Gasteiger partial charge in [-0.15, -0.1) is 0 Å². The molecule has 6 nitrogen and oxygen atoms in total. The number of nitrogens with two attached hydrogens (primary N) is 1. The van der Waals surface area contributed by atoms with Crippen LogP contribution < -0.4 is 16.0 Å². The van der Waals surface area contributed by atoms with E-state index in [9.17, 15) is 27.9 Å². The summed E-state index contributed by atoms with van der Waals surface area (Å²) in [6.45, 7) is 0.341. The van der Waals surface area contributed by atoms with Crippen molar-refractivity contribution in [1.82, 2.24) is 5.32 Å². The normalized spacial score (nSPS) is 21.0. The van der Waals surface area contributed by atoms with Gasteiger partial charge in [0.1, 0.15) is 0 Å². The van der Waals surface area contributed by atoms with Gasteiger partial charge >= 0.3 is 6.18 Å². The van der Waals surface area contributed by atoms with Gasteiger partial charge in [0.05, 0.1) is 17.2 Å². The van der Waals surface area contributed by atoms with Crippen molar-refractivity contribution in [1.29, 1.82) is 0 Å². The molecule has 0 saturated carbocycles. The fraction of sp³-hybridized carbons (Fsp3) is 0.467. The molecule has 1 aliphatic heterocycles. The number of alkyl halides is 3. The van der Waals surface area contributed by atoms with Crippen molar-refractivity contribution >= 4 is 17.5 Å². The lowest BCUT2D eigenvalue weighted by molar-refractivity contribution is -0.137. The largest absolute Gasteiger partial charge is 0.416 e. The lowest BCUT2D eigenvalue weighted by atomic mass is 10.0. The standard InChI is InChI=1S/C15H18F3N3O3/c1-20-13(23)4-8-6-21(7-12(8)22)11-3-2-9(15(16,17)18)5-10(11)14(19)24/h2-3,5,8,12,22H,4,6-7H2,1H3,(H2,19,24)(H,20,23)/t8-,12-/m1/s1. The maximum absolute atomic E-state index is 12.8. The van der Waals surface area contributed by atoms with E-state index in [0.717, 1.165) is 12.1 Å². The molecule has 0 aliphatic carbocycles. The molecule has 0 radical (unpaired) electrons. The summed E-state index contributed by atoms with van der Waals surface area (Å²) in [5, 5.41) is 12.5. The summed E-state index contributed by atoms with van der Waals surface area (Å²) < 4.78 is 38.4. The monoisotopic (exact) mass is 345 g/mol. The highest BCUT2D eigenvalue weighted by Crippen LogP contribution is 2.34. The lowest BCUT2D eigenvalue weighted by Crippen LogP contribution is -2.27. The average Bonchev–Trinajstić information content (AvgIpc) is 2.86. The van der Waals surface area contributed by atoms with Gasteiger partial charge in [0.2, 0.25) is 5.91 Å². The molecule has 132 valence electrons. The maximum atomic E-state index is 12.8. The van der Waals surface area contributed by atoms with Crippen molar-refractivity contribution in [3.63, 3.8) is 0 Å². The SMILES string of the molecule is CNC(=O)C[C@@H]1CN(c2ccc(C(F)(F)F)cc2C(N)=O)C[C@H]1O. The Labute approximate surface area is 136 Å².